The molecule has 0 fully saturated rings. The Morgan fingerprint density at radius 3 is 1.74 bits per heavy atom. The molecule has 0 saturated carbocycles. The minimum absolute atomic E-state index is 0.0252. The summed E-state index contributed by atoms with van der Waals surface area (Å²) in [5.41, 5.74) is 20.9. The molecule has 19 heteroatoms. The van der Waals surface area contributed by atoms with Crippen molar-refractivity contribution >= 4 is 47.1 Å². The number of hydrogen-bond donors (Lipinski definition) is 7. The lowest BCUT2D eigenvalue weighted by atomic mass is 9.86. The number of anilines is 4. The number of nitrogens with one attached hydrogen (secondary N) is 4. The zero-order chi connectivity index (χ0) is 59.1. The molecule has 0 bridgehead atoms. The Labute approximate surface area is 446 Å². The molecule has 3 rings (SSSR count). The molecule has 1 unspecified atom stereocenters. The summed E-state index contributed by atoms with van der Waals surface area (Å²) < 4.78 is 24.3. The molecule has 74 heavy (non-hydrogen) atoms. The fraction of sp³-hybridized carbons (Fsp3) is 0.527. The van der Waals surface area contributed by atoms with Crippen molar-refractivity contribution < 1.29 is 53.0 Å². The SMILES string of the molecule is C=C.CC.CCCC(C=O)N(C)C(=O)c1cccc(N)c1C=O.CCCOCCC.CCOO.CN.CN=N.CNc1cc(NC(=O)/C=C(\C)Nc2cc(OC)ccc2OC)cc(C(C)(C)C)c1.COC.COC. The molecule has 9 N–H and O–H groups in total. The van der Waals surface area contributed by atoms with Gasteiger partial charge in [-0.25, -0.2) is 15.5 Å². The van der Waals surface area contributed by atoms with Crippen LogP contribution < -0.4 is 36.9 Å². The maximum Gasteiger partial charge on any atom is 0.255 e. The van der Waals surface area contributed by atoms with Gasteiger partial charge in [-0.3, -0.25) is 19.6 Å². The van der Waals surface area contributed by atoms with Crippen LogP contribution in [0, 0.1) is 5.53 Å². The molecule has 0 saturated heterocycles. The molecule has 426 valence electrons. The van der Waals surface area contributed by atoms with Crippen LogP contribution in [0.1, 0.15) is 121 Å². The first kappa shape index (κ1) is 81.8. The van der Waals surface area contributed by atoms with Crippen molar-refractivity contribution in [1.82, 2.24) is 4.90 Å². The Balaban J connectivity index is -0.000000170. The van der Waals surface area contributed by atoms with E-state index in [1.54, 1.807) is 68.8 Å². The van der Waals surface area contributed by atoms with E-state index in [-0.39, 0.29) is 34.0 Å². The maximum absolute atomic E-state index is 12.5. The van der Waals surface area contributed by atoms with Gasteiger partial charge >= 0.3 is 0 Å². The van der Waals surface area contributed by atoms with E-state index in [9.17, 15) is 19.2 Å². The van der Waals surface area contributed by atoms with Crippen molar-refractivity contribution in [3.8, 4) is 11.5 Å². The number of benzene rings is 3. The zero-order valence-corrected chi connectivity index (χ0v) is 48.9. The summed E-state index contributed by atoms with van der Waals surface area (Å²) in [6.07, 6.45) is 6.48. The van der Waals surface area contributed by atoms with Crippen LogP contribution in [0.2, 0.25) is 0 Å². The number of amides is 2. The Bertz CT molecular complexity index is 1850. The van der Waals surface area contributed by atoms with Crippen LogP contribution in [-0.4, -0.2) is 131 Å². The standard InChI is InChI=1S/C23H31N3O3.C14H18N2O3.C6H14O.C2H6O2.2C2H6O.C2H6.C2H4.CH4N2.CH5N/c1-15(25-20-14-19(28-6)8-9-21(20)29-7)10-22(27)26-18-12-16(23(2,3)4)11-17(13-18)24-5;1-3-5-10(8-17)16(2)14(19)11-6-4-7-13(15)12(11)9-18;1-3-5-7-6-4-2;1-2-4-3;2*1-3-2;2*1-2;1-3-2;1-2/h8-14,24-25H,1-7H3,(H,26,27);4,6-10H,3,5,15H2,1-2H3;3-6H2,1-2H3;3H,2H2,1H3;2*1-2H3;1-2H3;1-2H2;2H,1H3;2H2,1H3/b15-10+;;;;;;;;;. The van der Waals surface area contributed by atoms with Crippen LogP contribution >= 0.6 is 0 Å². The average Bonchev–Trinajstić information content (AvgIpc) is 3.40. The maximum atomic E-state index is 12.5. The molecule has 19 nitrogen and oxygen atoms in total. The number of nitrogens with zero attached hydrogens (tertiary/aromatic N) is 2. The van der Waals surface area contributed by atoms with Gasteiger partial charge in [0, 0.05) is 103 Å². The quantitative estimate of drug-likeness (QED) is 0.00912. The smallest absolute Gasteiger partial charge is 0.255 e. The number of hydrogen-bond acceptors (Lipinski definition) is 17. The second-order valence-corrected chi connectivity index (χ2v) is 15.2. The highest BCUT2D eigenvalue weighted by atomic mass is 17.1. The molecule has 1 atom stereocenters. The highest BCUT2D eigenvalue weighted by Gasteiger charge is 2.23. The lowest BCUT2D eigenvalue weighted by Gasteiger charge is -2.24. The number of carbonyl (C=O) groups excluding carboxylic acids is 4. The lowest BCUT2D eigenvalue weighted by Crippen LogP contribution is -2.38. The Morgan fingerprint density at radius 2 is 1.35 bits per heavy atom. The third-order valence-corrected chi connectivity index (χ3v) is 8.31. The minimum atomic E-state index is -0.488. The summed E-state index contributed by atoms with van der Waals surface area (Å²) in [5.74, 6) is 0.768. The third kappa shape index (κ3) is 42.3. The van der Waals surface area contributed by atoms with E-state index in [0.717, 1.165) is 61.4 Å². The normalized spacial score (nSPS) is 9.73. The topological polar surface area (TPSA) is 271 Å². The number of aldehydes is 2. The monoisotopic (exact) mass is 1050 g/mol. The van der Waals surface area contributed by atoms with Gasteiger partial charge in [0.25, 0.3) is 5.91 Å². The Kier molecular flexibility index (Phi) is 63.8. The Morgan fingerprint density at radius 1 is 0.851 bits per heavy atom. The van der Waals surface area contributed by atoms with Gasteiger partial charge in [-0.15, -0.1) is 13.2 Å². The molecule has 2 amide bonds. The van der Waals surface area contributed by atoms with Gasteiger partial charge < -0.3 is 60.8 Å². The van der Waals surface area contributed by atoms with Crippen molar-refractivity contribution in [2.45, 2.75) is 106 Å². The zero-order valence-electron chi connectivity index (χ0n) is 48.9. The highest BCUT2D eigenvalue weighted by molar-refractivity contribution is 6.04. The lowest BCUT2D eigenvalue weighted by molar-refractivity contribution is -0.237. The van der Waals surface area contributed by atoms with Gasteiger partial charge in [0.05, 0.1) is 38.1 Å². The van der Waals surface area contributed by atoms with Crippen molar-refractivity contribution in [2.24, 2.45) is 10.8 Å². The molecule has 0 aliphatic carbocycles. The summed E-state index contributed by atoms with van der Waals surface area (Å²) in [4.78, 5) is 51.8. The first-order valence-corrected chi connectivity index (χ1v) is 24.2. The van der Waals surface area contributed by atoms with Crippen LogP contribution in [0.5, 0.6) is 11.5 Å². The van der Waals surface area contributed by atoms with E-state index >= 15 is 0 Å². The van der Waals surface area contributed by atoms with Crippen LogP contribution in [0.4, 0.5) is 22.7 Å². The largest absolute Gasteiger partial charge is 0.497 e. The van der Waals surface area contributed by atoms with E-state index in [0.29, 0.717) is 36.5 Å². The number of nitrogen functional groups attached to an aromatic ring is 1. The molecule has 0 heterocycles. The van der Waals surface area contributed by atoms with E-state index in [4.69, 9.17) is 30.7 Å². The predicted molar refractivity (Wildman–Crippen MR) is 309 cm³/mol. The summed E-state index contributed by atoms with van der Waals surface area (Å²) >= 11 is 0. The van der Waals surface area contributed by atoms with Gasteiger partial charge in [-0.2, -0.15) is 0 Å². The van der Waals surface area contributed by atoms with Gasteiger partial charge in [-0.05, 0) is 93.6 Å². The second kappa shape index (κ2) is 57.7. The molecule has 0 radical (unpaired) electrons. The van der Waals surface area contributed by atoms with Crippen molar-refractivity contribution in [2.75, 3.05) is 112 Å². The van der Waals surface area contributed by atoms with E-state index in [2.05, 4.69) is 95.0 Å². The van der Waals surface area contributed by atoms with Crippen molar-refractivity contribution in [3.63, 3.8) is 0 Å². The summed E-state index contributed by atoms with van der Waals surface area (Å²) in [6.45, 7) is 28.4. The van der Waals surface area contributed by atoms with Gasteiger partial charge in [0.15, 0.2) is 6.29 Å². The molecule has 0 aromatic heterocycles. The molecule has 3 aromatic rings. The number of likely N-dealkylation sites (N-methyl/N-ethyl adjacent to an activating group) is 1. The molecule has 0 aliphatic rings. The van der Waals surface area contributed by atoms with E-state index in [1.165, 1.54) is 31.1 Å². The Hall–Kier alpha value is -6.22. The highest BCUT2D eigenvalue weighted by Crippen LogP contribution is 2.31. The fourth-order valence-electron chi connectivity index (χ4n) is 5.09. The average molecular weight is 1050 g/mol. The molecule has 0 aliphatic heterocycles. The fourth-order valence-corrected chi connectivity index (χ4v) is 5.09. The molecular formula is C55H100N8O11. The molecular weight excluding hydrogens is 949 g/mol. The first-order chi connectivity index (χ1) is 35.3. The summed E-state index contributed by atoms with van der Waals surface area (Å²) in [7, 11) is 16.0. The number of carbonyl (C=O) groups is 4. The van der Waals surface area contributed by atoms with Gasteiger partial charge in [-0.1, -0.05) is 67.9 Å². The van der Waals surface area contributed by atoms with E-state index in [1.807, 2.05) is 65.1 Å². The second-order valence-electron chi connectivity index (χ2n) is 15.2. The van der Waals surface area contributed by atoms with Crippen LogP contribution in [0.15, 0.2) is 84.6 Å². The van der Waals surface area contributed by atoms with Crippen LogP contribution in [-0.2, 0) is 34.1 Å². The summed E-state index contributed by atoms with van der Waals surface area (Å²) in [6, 6.07) is 15.7. The number of methoxy groups -OCH3 is 4. The predicted octanol–water partition coefficient (Wildman–Crippen LogP) is 11.4. The number of ether oxygens (including phenoxy) is 5. The van der Waals surface area contributed by atoms with Crippen molar-refractivity contribution in [3.05, 3.63) is 96.2 Å². The van der Waals surface area contributed by atoms with Gasteiger partial charge in [0.1, 0.15) is 17.8 Å². The van der Waals surface area contributed by atoms with E-state index < -0.39 is 6.04 Å². The van der Waals surface area contributed by atoms with Crippen LogP contribution in [0.25, 0.3) is 0 Å². The molecule has 3 aromatic carbocycles. The third-order valence-electron chi connectivity index (χ3n) is 8.31. The number of allylic oxidation sites excluding steroid dienone is 1. The molecule has 0 spiro atoms. The van der Waals surface area contributed by atoms with Gasteiger partial charge in [0.2, 0.25) is 5.91 Å². The number of nitrogens with two attached hydrogens (primary N) is 2. The first-order valence-electron chi connectivity index (χ1n) is 24.2. The van der Waals surface area contributed by atoms with Crippen molar-refractivity contribution in [1.29, 1.82) is 5.53 Å². The summed E-state index contributed by atoms with van der Waals surface area (Å²) in [5, 5.41) is 19.4. The number of rotatable bonds is 18. The minimum Gasteiger partial charge on any atom is -0.497 e. The van der Waals surface area contributed by atoms with Crippen LogP contribution in [0.3, 0.4) is 0 Å².